The summed E-state index contributed by atoms with van der Waals surface area (Å²) in [6, 6.07) is 15.8. The van der Waals surface area contributed by atoms with E-state index in [9.17, 15) is 14.4 Å². The molecule has 6 aromatic rings. The van der Waals surface area contributed by atoms with Crippen LogP contribution >= 0.6 is 0 Å². The highest BCUT2D eigenvalue weighted by Gasteiger charge is 2.59. The predicted octanol–water partition coefficient (Wildman–Crippen LogP) is 3.09. The first-order valence-electron chi connectivity index (χ1n) is 21.0. The van der Waals surface area contributed by atoms with Crippen molar-refractivity contribution in [2.45, 2.75) is 55.6 Å². The SMILES string of the molecule is Cn1cc(C(=O)N=C(N)C2(c3ccc(-c4cnc(N)nc4)cc3)CC2COC2CCN(C(=O)Cn3cc(C(=O)N=C(N)C4(c5ccc(-c6cnc(N)nc6)cc5)CCC4)cn3)C2)cn1. The number of carbonyl (C=O) groups is 3. The fourth-order valence-electron chi connectivity index (χ4n) is 8.71. The molecule has 1 aliphatic heterocycles. The van der Waals surface area contributed by atoms with Crippen LogP contribution in [0.4, 0.5) is 11.9 Å². The molecule has 0 radical (unpaired) electrons. The first-order valence-corrected chi connectivity index (χ1v) is 21.0. The number of nitrogen functional groups attached to an aromatic ring is 2. The Labute approximate surface area is 367 Å². The molecular formula is C45H47N15O4. The van der Waals surface area contributed by atoms with Gasteiger partial charge in [0.25, 0.3) is 11.8 Å². The van der Waals surface area contributed by atoms with E-state index in [2.05, 4.69) is 40.1 Å². The van der Waals surface area contributed by atoms with Crippen molar-refractivity contribution in [1.29, 1.82) is 0 Å². The molecule has 1 saturated heterocycles. The number of hydrogen-bond donors (Lipinski definition) is 4. The van der Waals surface area contributed by atoms with Gasteiger partial charge in [0.2, 0.25) is 17.8 Å². The van der Waals surface area contributed by atoms with E-state index in [0.29, 0.717) is 38.1 Å². The van der Waals surface area contributed by atoms with Gasteiger partial charge in [-0.2, -0.15) is 20.2 Å². The summed E-state index contributed by atoms with van der Waals surface area (Å²) < 4.78 is 9.40. The molecule has 2 aromatic carbocycles. The normalized spacial score (nSPS) is 20.5. The zero-order chi connectivity index (χ0) is 44.6. The lowest BCUT2D eigenvalue weighted by Crippen LogP contribution is -2.47. The third-order valence-electron chi connectivity index (χ3n) is 12.7. The zero-order valence-electron chi connectivity index (χ0n) is 35.1. The van der Waals surface area contributed by atoms with E-state index in [-0.39, 0.29) is 53.6 Å². The zero-order valence-corrected chi connectivity index (χ0v) is 35.1. The minimum absolute atomic E-state index is 0.0588. The number of anilines is 2. The number of ether oxygens (including phenoxy) is 1. The van der Waals surface area contributed by atoms with Crippen LogP contribution in [-0.2, 0) is 34.0 Å². The van der Waals surface area contributed by atoms with Crippen molar-refractivity contribution in [3.05, 3.63) is 120 Å². The van der Waals surface area contributed by atoms with E-state index in [4.69, 9.17) is 27.7 Å². The van der Waals surface area contributed by atoms with E-state index in [1.54, 1.807) is 42.9 Å². The van der Waals surface area contributed by atoms with Crippen molar-refractivity contribution < 1.29 is 19.1 Å². The first-order chi connectivity index (χ1) is 30.9. The molecule has 4 aromatic heterocycles. The van der Waals surface area contributed by atoms with Gasteiger partial charge in [0.1, 0.15) is 18.2 Å². The van der Waals surface area contributed by atoms with Crippen LogP contribution in [0.2, 0.25) is 0 Å². The highest BCUT2D eigenvalue weighted by molar-refractivity contribution is 6.07. The van der Waals surface area contributed by atoms with Crippen molar-refractivity contribution >= 4 is 41.3 Å². The average molecular weight is 862 g/mol. The highest BCUT2D eigenvalue weighted by atomic mass is 16.5. The van der Waals surface area contributed by atoms with Crippen LogP contribution in [0.25, 0.3) is 22.3 Å². The van der Waals surface area contributed by atoms with E-state index in [1.165, 1.54) is 28.0 Å². The van der Waals surface area contributed by atoms with Gasteiger partial charge in [-0.05, 0) is 47.9 Å². The molecule has 3 fully saturated rings. The van der Waals surface area contributed by atoms with Gasteiger partial charge < -0.3 is 32.6 Å². The third-order valence-corrected chi connectivity index (χ3v) is 12.7. The summed E-state index contributed by atoms with van der Waals surface area (Å²) in [5.74, 6) is -0.379. The number of nitrogens with zero attached hydrogens (tertiary/aromatic N) is 11. The Morgan fingerprint density at radius 3 is 1.86 bits per heavy atom. The van der Waals surface area contributed by atoms with E-state index in [1.807, 2.05) is 48.5 Å². The predicted molar refractivity (Wildman–Crippen MR) is 237 cm³/mol. The van der Waals surface area contributed by atoms with E-state index >= 15 is 0 Å². The Balaban J connectivity index is 0.811. The van der Waals surface area contributed by atoms with Crippen LogP contribution < -0.4 is 22.9 Å². The molecule has 2 saturated carbocycles. The molecule has 19 heteroatoms. The molecule has 3 atom stereocenters. The molecule has 3 aliphatic rings. The maximum Gasteiger partial charge on any atom is 0.281 e. The molecule has 326 valence electrons. The smallest absolute Gasteiger partial charge is 0.281 e. The van der Waals surface area contributed by atoms with Gasteiger partial charge in [0.05, 0.1) is 47.1 Å². The summed E-state index contributed by atoms with van der Waals surface area (Å²) in [6.45, 7) is 1.18. The Bertz CT molecular complexity index is 2760. The number of aliphatic imine (C=N–C) groups is 2. The second kappa shape index (κ2) is 16.9. The second-order valence-corrected chi connectivity index (χ2v) is 16.6. The summed E-state index contributed by atoms with van der Waals surface area (Å²) >= 11 is 0. The molecule has 2 aliphatic carbocycles. The maximum atomic E-state index is 13.5. The summed E-state index contributed by atoms with van der Waals surface area (Å²) in [6.07, 6.45) is 16.2. The van der Waals surface area contributed by atoms with Gasteiger partial charge in [-0.1, -0.05) is 55.0 Å². The number of nitrogens with two attached hydrogens (primary N) is 4. The number of rotatable bonds is 13. The van der Waals surface area contributed by atoms with Gasteiger partial charge in [-0.3, -0.25) is 23.7 Å². The van der Waals surface area contributed by atoms with Gasteiger partial charge >= 0.3 is 0 Å². The molecule has 5 heterocycles. The number of carbonyl (C=O) groups excluding carboxylic acids is 3. The lowest BCUT2D eigenvalue weighted by Gasteiger charge is -2.41. The summed E-state index contributed by atoms with van der Waals surface area (Å²) in [5, 5.41) is 8.39. The number of amidine groups is 2. The number of amides is 3. The molecule has 0 spiro atoms. The third kappa shape index (κ3) is 8.19. The molecule has 0 bridgehead atoms. The summed E-state index contributed by atoms with van der Waals surface area (Å²) in [4.78, 5) is 66.7. The molecule has 19 nitrogen and oxygen atoms in total. The van der Waals surface area contributed by atoms with Crippen LogP contribution in [0.5, 0.6) is 0 Å². The van der Waals surface area contributed by atoms with Crippen LogP contribution in [-0.4, -0.2) is 99.6 Å². The Hall–Kier alpha value is -7.67. The van der Waals surface area contributed by atoms with Gasteiger partial charge in [0, 0.05) is 74.4 Å². The number of hydrogen-bond acceptors (Lipinski definition) is 12. The second-order valence-electron chi connectivity index (χ2n) is 16.6. The molecular weight excluding hydrogens is 815 g/mol. The van der Waals surface area contributed by atoms with E-state index < -0.39 is 22.6 Å². The minimum Gasteiger partial charge on any atom is -0.386 e. The fraction of sp³-hybridized carbons (Fsp3) is 0.311. The summed E-state index contributed by atoms with van der Waals surface area (Å²) in [7, 11) is 1.73. The Kier molecular flexibility index (Phi) is 11.0. The number of aromatic nitrogens is 8. The molecule has 8 N–H and O–H groups in total. The minimum atomic E-state index is -0.731. The van der Waals surface area contributed by atoms with Gasteiger partial charge in [-0.15, -0.1) is 0 Å². The Morgan fingerprint density at radius 1 is 0.734 bits per heavy atom. The lowest BCUT2D eigenvalue weighted by molar-refractivity contribution is -0.131. The van der Waals surface area contributed by atoms with Crippen molar-refractivity contribution in [3.8, 4) is 22.3 Å². The fourth-order valence-corrected chi connectivity index (χ4v) is 8.71. The van der Waals surface area contributed by atoms with Gasteiger partial charge in [0.15, 0.2) is 0 Å². The molecule has 64 heavy (non-hydrogen) atoms. The van der Waals surface area contributed by atoms with Gasteiger partial charge in [-0.25, -0.2) is 19.9 Å². The monoisotopic (exact) mass is 861 g/mol. The van der Waals surface area contributed by atoms with Crippen molar-refractivity contribution in [1.82, 2.24) is 44.4 Å². The average Bonchev–Trinajstić information content (AvgIpc) is 3.65. The number of likely N-dealkylation sites (tertiary alicyclic amines) is 1. The largest absolute Gasteiger partial charge is 0.386 e. The molecule has 3 unspecified atom stereocenters. The standard InChI is InChI=1S/C45H47N15O4/c1-58-22-31(20-54-58)38(62)57-41(47)45(34-9-5-28(6-10-34)30-18-52-43(49)53-19-30)15-35(45)26-64-36-11-14-59(24-36)37(61)25-60-23-32(21-55-60)39(63)56-40(46)44(12-2-13-44)33-7-3-27(4-8-33)29-16-50-42(48)51-17-29/h3-10,16-23,35-36H,2,11-15,24-26H2,1H3,(H2,46,56,63)(H2,47,57,62)(H2,48,50,51)(H2,49,52,53). The van der Waals surface area contributed by atoms with Crippen molar-refractivity contribution in [2.24, 2.45) is 34.4 Å². The topological polar surface area (TPSA) is 280 Å². The lowest BCUT2D eigenvalue weighted by atomic mass is 9.63. The molecule has 9 rings (SSSR count). The first kappa shape index (κ1) is 41.7. The van der Waals surface area contributed by atoms with Crippen LogP contribution in [0.1, 0.15) is 63.9 Å². The van der Waals surface area contributed by atoms with Crippen molar-refractivity contribution in [3.63, 3.8) is 0 Å². The van der Waals surface area contributed by atoms with E-state index in [0.717, 1.165) is 52.6 Å². The summed E-state index contributed by atoms with van der Waals surface area (Å²) in [5.41, 5.74) is 29.2. The highest BCUT2D eigenvalue weighted by Crippen LogP contribution is 2.55. The number of benzene rings is 2. The Morgan fingerprint density at radius 2 is 1.30 bits per heavy atom. The van der Waals surface area contributed by atoms with Crippen molar-refractivity contribution in [2.75, 3.05) is 31.2 Å². The quantitative estimate of drug-likeness (QED) is 0.0960. The number of aryl methyl sites for hydroxylation is 1. The van der Waals surface area contributed by atoms with Crippen LogP contribution in [0.15, 0.2) is 108 Å². The molecule has 3 amide bonds. The van der Waals surface area contributed by atoms with Crippen LogP contribution in [0, 0.1) is 5.92 Å². The maximum absolute atomic E-state index is 13.5. The van der Waals surface area contributed by atoms with Crippen LogP contribution in [0.3, 0.4) is 0 Å².